The first-order chi connectivity index (χ1) is 12.4. The van der Waals surface area contributed by atoms with E-state index in [0.29, 0.717) is 17.5 Å². The molecule has 0 aliphatic carbocycles. The second kappa shape index (κ2) is 6.26. The minimum absolute atomic E-state index is 0.0297. The van der Waals surface area contributed by atoms with Gasteiger partial charge in [0.05, 0.1) is 28.3 Å². The molecule has 3 rings (SSSR count). The van der Waals surface area contributed by atoms with Crippen LogP contribution in [0.4, 0.5) is 5.69 Å². The number of benzene rings is 2. The summed E-state index contributed by atoms with van der Waals surface area (Å²) < 4.78 is 0. The van der Waals surface area contributed by atoms with Crippen molar-refractivity contribution in [2.75, 3.05) is 19.0 Å². The number of carbonyl (C=O) groups excluding carboxylic acids is 4. The van der Waals surface area contributed by atoms with Crippen molar-refractivity contribution in [1.82, 2.24) is 4.90 Å². The van der Waals surface area contributed by atoms with Crippen molar-refractivity contribution in [2.45, 2.75) is 0 Å². The van der Waals surface area contributed by atoms with Crippen LogP contribution < -0.4 is 4.90 Å². The fraction of sp³-hybridized carbons (Fsp3) is 0.105. The predicted octanol–water partition coefficient (Wildman–Crippen LogP) is 1.87. The van der Waals surface area contributed by atoms with Crippen LogP contribution in [-0.2, 0) is 0 Å². The van der Waals surface area contributed by atoms with E-state index in [9.17, 15) is 19.2 Å². The molecule has 7 heteroatoms. The van der Waals surface area contributed by atoms with E-state index >= 15 is 0 Å². The Kier molecular flexibility index (Phi) is 4.10. The van der Waals surface area contributed by atoms with Crippen LogP contribution >= 0.6 is 0 Å². The number of fused-ring (bicyclic) bond motifs is 1. The van der Waals surface area contributed by atoms with E-state index in [1.54, 1.807) is 24.3 Å². The van der Waals surface area contributed by atoms with Gasteiger partial charge in [0.2, 0.25) is 0 Å². The maximum atomic E-state index is 12.8. The van der Waals surface area contributed by atoms with Crippen LogP contribution in [0.25, 0.3) is 0 Å². The third-order valence-corrected chi connectivity index (χ3v) is 4.31. The molecule has 0 fully saturated rings. The Hall–Kier alpha value is -3.79. The molecule has 0 aromatic heterocycles. The zero-order valence-corrected chi connectivity index (χ0v) is 14.0. The number of carbonyl (C=O) groups is 4. The maximum absolute atomic E-state index is 12.8. The van der Waals surface area contributed by atoms with Gasteiger partial charge in [-0.05, 0) is 36.4 Å². The number of imide groups is 1. The number of nitriles is 1. The summed E-state index contributed by atoms with van der Waals surface area (Å²) in [5.74, 6) is -1.53. The standard InChI is InChI=1S/C19H13N3O4/c1-21(13-5-3-11(9-20)4-6-13)17(24)14-8-16-15(7-12(14)10-23)18(25)22(2)19(16)26/h3-8,10H,1-2H3. The molecule has 1 aliphatic heterocycles. The quantitative estimate of drug-likeness (QED) is 0.623. The lowest BCUT2D eigenvalue weighted by Crippen LogP contribution is -2.27. The highest BCUT2D eigenvalue weighted by atomic mass is 16.2. The topological polar surface area (TPSA) is 98.6 Å². The smallest absolute Gasteiger partial charge is 0.261 e. The van der Waals surface area contributed by atoms with Crippen LogP contribution in [0.3, 0.4) is 0 Å². The molecule has 0 atom stereocenters. The highest BCUT2D eigenvalue weighted by Gasteiger charge is 2.35. The minimum atomic E-state index is -0.516. The van der Waals surface area contributed by atoms with Gasteiger partial charge in [-0.25, -0.2) is 0 Å². The summed E-state index contributed by atoms with van der Waals surface area (Å²) in [5, 5.41) is 8.85. The molecule has 1 heterocycles. The van der Waals surface area contributed by atoms with Gasteiger partial charge in [-0.2, -0.15) is 5.26 Å². The Labute approximate surface area is 149 Å². The second-order valence-corrected chi connectivity index (χ2v) is 5.80. The Morgan fingerprint density at radius 3 is 2.23 bits per heavy atom. The summed E-state index contributed by atoms with van der Waals surface area (Å²) in [6.07, 6.45) is 0.482. The molecular formula is C19H13N3O4. The summed E-state index contributed by atoms with van der Waals surface area (Å²) in [6.45, 7) is 0. The molecule has 3 amide bonds. The molecule has 0 unspecified atom stereocenters. The fourth-order valence-corrected chi connectivity index (χ4v) is 2.76. The van der Waals surface area contributed by atoms with Crippen molar-refractivity contribution in [3.63, 3.8) is 0 Å². The number of hydrogen-bond donors (Lipinski definition) is 0. The summed E-state index contributed by atoms with van der Waals surface area (Å²) in [5.41, 5.74) is 1.24. The van der Waals surface area contributed by atoms with Gasteiger partial charge in [0.1, 0.15) is 0 Å². The van der Waals surface area contributed by atoms with Crippen molar-refractivity contribution >= 4 is 29.7 Å². The lowest BCUT2D eigenvalue weighted by Gasteiger charge is -2.18. The van der Waals surface area contributed by atoms with Crippen molar-refractivity contribution in [1.29, 1.82) is 5.26 Å². The van der Waals surface area contributed by atoms with E-state index in [4.69, 9.17) is 5.26 Å². The molecular weight excluding hydrogens is 334 g/mol. The Morgan fingerprint density at radius 1 is 1.12 bits per heavy atom. The SMILES string of the molecule is CN1C(=O)c2cc(C=O)c(C(=O)N(C)c3ccc(C#N)cc3)cc2C1=O. The van der Waals surface area contributed by atoms with Gasteiger partial charge in [-0.3, -0.25) is 24.1 Å². The average Bonchev–Trinajstić information content (AvgIpc) is 2.89. The van der Waals surface area contributed by atoms with Gasteiger partial charge in [-0.1, -0.05) is 0 Å². The van der Waals surface area contributed by atoms with Crippen molar-refractivity contribution in [3.05, 3.63) is 64.2 Å². The summed E-state index contributed by atoms with van der Waals surface area (Å²) in [4.78, 5) is 50.7. The molecule has 0 spiro atoms. The fourth-order valence-electron chi connectivity index (χ4n) is 2.76. The lowest BCUT2D eigenvalue weighted by molar-refractivity contribution is 0.0693. The van der Waals surface area contributed by atoms with Crippen LogP contribution in [0.15, 0.2) is 36.4 Å². The third kappa shape index (κ3) is 2.54. The average molecular weight is 347 g/mol. The van der Waals surface area contributed by atoms with E-state index in [1.807, 2.05) is 6.07 Å². The van der Waals surface area contributed by atoms with Gasteiger partial charge >= 0.3 is 0 Å². The molecule has 0 saturated heterocycles. The maximum Gasteiger partial charge on any atom is 0.261 e. The van der Waals surface area contributed by atoms with Gasteiger partial charge in [0.15, 0.2) is 6.29 Å². The first-order valence-electron chi connectivity index (χ1n) is 7.63. The van der Waals surface area contributed by atoms with Crippen molar-refractivity contribution < 1.29 is 19.2 Å². The van der Waals surface area contributed by atoms with E-state index in [-0.39, 0.29) is 22.3 Å². The van der Waals surface area contributed by atoms with Gasteiger partial charge in [-0.15, -0.1) is 0 Å². The van der Waals surface area contributed by atoms with E-state index in [2.05, 4.69) is 0 Å². The molecule has 0 bridgehead atoms. The highest BCUT2D eigenvalue weighted by Crippen LogP contribution is 2.26. The minimum Gasteiger partial charge on any atom is -0.311 e. The summed E-state index contributed by atoms with van der Waals surface area (Å²) in [6, 6.07) is 10.9. The van der Waals surface area contributed by atoms with Crippen LogP contribution in [0.5, 0.6) is 0 Å². The third-order valence-electron chi connectivity index (χ3n) is 4.31. The normalized spacial score (nSPS) is 12.6. The summed E-state index contributed by atoms with van der Waals surface area (Å²) >= 11 is 0. The number of hydrogen-bond acceptors (Lipinski definition) is 5. The van der Waals surface area contributed by atoms with E-state index in [0.717, 1.165) is 4.90 Å². The molecule has 0 saturated carbocycles. The lowest BCUT2D eigenvalue weighted by atomic mass is 9.99. The Bertz CT molecular complexity index is 1000. The number of rotatable bonds is 3. The van der Waals surface area contributed by atoms with E-state index in [1.165, 1.54) is 31.1 Å². The Balaban J connectivity index is 2.04. The van der Waals surface area contributed by atoms with Crippen molar-refractivity contribution in [3.8, 4) is 6.07 Å². The zero-order valence-electron chi connectivity index (χ0n) is 14.0. The summed E-state index contributed by atoms with van der Waals surface area (Å²) in [7, 11) is 2.86. The zero-order chi connectivity index (χ0) is 19.0. The first-order valence-corrected chi connectivity index (χ1v) is 7.63. The van der Waals surface area contributed by atoms with Crippen molar-refractivity contribution in [2.24, 2.45) is 0 Å². The van der Waals surface area contributed by atoms with Crippen LogP contribution in [0, 0.1) is 11.3 Å². The number of nitrogens with zero attached hydrogens (tertiary/aromatic N) is 3. The molecule has 0 radical (unpaired) electrons. The van der Waals surface area contributed by atoms with Crippen LogP contribution in [0.2, 0.25) is 0 Å². The predicted molar refractivity (Wildman–Crippen MR) is 92.1 cm³/mol. The van der Waals surface area contributed by atoms with Gasteiger partial charge in [0, 0.05) is 25.3 Å². The van der Waals surface area contributed by atoms with Crippen LogP contribution in [0.1, 0.15) is 47.0 Å². The van der Waals surface area contributed by atoms with E-state index < -0.39 is 17.7 Å². The first kappa shape index (κ1) is 17.0. The van der Waals surface area contributed by atoms with Gasteiger partial charge in [0.25, 0.3) is 17.7 Å². The van der Waals surface area contributed by atoms with Crippen LogP contribution in [-0.4, -0.2) is 43.0 Å². The highest BCUT2D eigenvalue weighted by molar-refractivity contribution is 6.23. The van der Waals surface area contributed by atoms with Gasteiger partial charge < -0.3 is 4.90 Å². The molecule has 1 aliphatic rings. The number of amides is 3. The molecule has 2 aromatic carbocycles. The molecule has 26 heavy (non-hydrogen) atoms. The molecule has 2 aromatic rings. The Morgan fingerprint density at radius 2 is 1.69 bits per heavy atom. The second-order valence-electron chi connectivity index (χ2n) is 5.80. The molecule has 7 nitrogen and oxygen atoms in total. The number of anilines is 1. The largest absolute Gasteiger partial charge is 0.311 e. The number of aldehydes is 1. The molecule has 128 valence electrons. The molecule has 0 N–H and O–H groups in total. The monoisotopic (exact) mass is 347 g/mol.